The molecule has 0 aliphatic carbocycles. The smallest absolute Gasteiger partial charge is 0.0824 e. The van der Waals surface area contributed by atoms with Crippen molar-refractivity contribution in [1.29, 1.82) is 0 Å². The lowest BCUT2D eigenvalue weighted by molar-refractivity contribution is -0.0595. The van der Waals surface area contributed by atoms with Gasteiger partial charge in [0.15, 0.2) is 0 Å². The largest absolute Gasteiger partial charge is 0.374 e. The predicted octanol–water partition coefficient (Wildman–Crippen LogP) is 1.93. The van der Waals surface area contributed by atoms with Gasteiger partial charge in [0, 0.05) is 12.6 Å². The first-order valence-corrected chi connectivity index (χ1v) is 4.52. The first-order valence-electron chi connectivity index (χ1n) is 4.52. The number of rotatable bonds is 5. The first-order chi connectivity index (χ1) is 5.13. The van der Waals surface area contributed by atoms with Gasteiger partial charge in [-0.1, -0.05) is 13.8 Å². The summed E-state index contributed by atoms with van der Waals surface area (Å²) < 4.78 is 5.66. The molecule has 68 valence electrons. The molecule has 0 rings (SSSR count). The molecule has 2 nitrogen and oxygen atoms in total. The van der Waals surface area contributed by atoms with Gasteiger partial charge >= 0.3 is 0 Å². The Morgan fingerprint density at radius 3 is 1.82 bits per heavy atom. The van der Waals surface area contributed by atoms with E-state index in [1.165, 1.54) is 0 Å². The average molecular weight is 159 g/mol. The van der Waals surface area contributed by atoms with E-state index >= 15 is 0 Å². The van der Waals surface area contributed by atoms with Gasteiger partial charge in [0.05, 0.1) is 5.60 Å². The van der Waals surface area contributed by atoms with Gasteiger partial charge in [0.25, 0.3) is 0 Å². The summed E-state index contributed by atoms with van der Waals surface area (Å²) in [5, 5.41) is 0. The summed E-state index contributed by atoms with van der Waals surface area (Å²) in [6.07, 6.45) is 1.99. The molecular weight excluding hydrogens is 138 g/mol. The van der Waals surface area contributed by atoms with Gasteiger partial charge in [0.1, 0.15) is 0 Å². The van der Waals surface area contributed by atoms with Crippen LogP contribution in [0.4, 0.5) is 0 Å². The van der Waals surface area contributed by atoms with E-state index in [0.29, 0.717) is 0 Å². The van der Waals surface area contributed by atoms with E-state index in [4.69, 9.17) is 10.5 Å². The van der Waals surface area contributed by atoms with Crippen LogP contribution < -0.4 is 5.73 Å². The zero-order valence-corrected chi connectivity index (χ0v) is 8.18. The molecule has 0 fully saturated rings. The van der Waals surface area contributed by atoms with Crippen molar-refractivity contribution in [2.45, 2.75) is 52.2 Å². The minimum Gasteiger partial charge on any atom is -0.374 e. The molecular formula is C9H21NO. The Morgan fingerprint density at radius 2 is 1.73 bits per heavy atom. The average Bonchev–Trinajstić information content (AvgIpc) is 2.00. The zero-order valence-electron chi connectivity index (χ0n) is 8.18. The summed E-state index contributed by atoms with van der Waals surface area (Å²) in [5.74, 6) is 0. The highest BCUT2D eigenvalue weighted by Crippen LogP contribution is 2.23. The monoisotopic (exact) mass is 159 g/mol. The van der Waals surface area contributed by atoms with Crippen molar-refractivity contribution >= 4 is 0 Å². The van der Waals surface area contributed by atoms with Gasteiger partial charge in [-0.05, 0) is 26.7 Å². The van der Waals surface area contributed by atoms with Crippen LogP contribution in [0.1, 0.15) is 40.5 Å². The summed E-state index contributed by atoms with van der Waals surface area (Å²) >= 11 is 0. The number of ether oxygens (including phenoxy) is 1. The van der Waals surface area contributed by atoms with E-state index in [2.05, 4.69) is 13.8 Å². The molecule has 0 radical (unpaired) electrons. The van der Waals surface area contributed by atoms with Crippen molar-refractivity contribution in [3.05, 3.63) is 0 Å². The van der Waals surface area contributed by atoms with Crippen LogP contribution >= 0.6 is 0 Å². The predicted molar refractivity (Wildman–Crippen MR) is 48.6 cm³/mol. The van der Waals surface area contributed by atoms with Crippen LogP contribution in [0.5, 0.6) is 0 Å². The lowest BCUT2D eigenvalue weighted by Gasteiger charge is -2.35. The standard InChI is InChI=1S/C9H21NO/c1-5-9(6-2,8(4)10)11-7-3/h8H,5-7,10H2,1-4H3/t8-/m0/s1. The van der Waals surface area contributed by atoms with Crippen LogP contribution in [-0.4, -0.2) is 18.2 Å². The molecule has 0 aliphatic rings. The van der Waals surface area contributed by atoms with Gasteiger partial charge in [-0.2, -0.15) is 0 Å². The van der Waals surface area contributed by atoms with E-state index in [1.54, 1.807) is 0 Å². The normalized spacial score (nSPS) is 15.0. The van der Waals surface area contributed by atoms with E-state index < -0.39 is 0 Å². The Morgan fingerprint density at radius 1 is 1.27 bits per heavy atom. The van der Waals surface area contributed by atoms with Crippen LogP contribution in [0.15, 0.2) is 0 Å². The molecule has 0 aromatic carbocycles. The van der Waals surface area contributed by atoms with Crippen LogP contribution in [0, 0.1) is 0 Å². The van der Waals surface area contributed by atoms with Gasteiger partial charge in [-0.15, -0.1) is 0 Å². The molecule has 0 amide bonds. The zero-order chi connectivity index (χ0) is 8.91. The fourth-order valence-electron chi connectivity index (χ4n) is 1.52. The molecule has 0 aliphatic heterocycles. The van der Waals surface area contributed by atoms with Crippen molar-refractivity contribution in [2.75, 3.05) is 6.61 Å². The lowest BCUT2D eigenvalue weighted by atomic mass is 9.90. The molecule has 0 heterocycles. The highest BCUT2D eigenvalue weighted by atomic mass is 16.5. The van der Waals surface area contributed by atoms with Crippen molar-refractivity contribution in [3.63, 3.8) is 0 Å². The fraction of sp³-hybridized carbons (Fsp3) is 1.00. The molecule has 0 spiro atoms. The molecule has 0 unspecified atom stereocenters. The lowest BCUT2D eigenvalue weighted by Crippen LogP contribution is -2.47. The maximum absolute atomic E-state index is 5.85. The molecule has 0 saturated carbocycles. The second kappa shape index (κ2) is 4.73. The van der Waals surface area contributed by atoms with Crippen molar-refractivity contribution in [1.82, 2.24) is 0 Å². The third-order valence-corrected chi connectivity index (χ3v) is 2.46. The molecule has 2 heteroatoms. The van der Waals surface area contributed by atoms with E-state index in [0.717, 1.165) is 19.4 Å². The van der Waals surface area contributed by atoms with Gasteiger partial charge in [-0.3, -0.25) is 0 Å². The number of hydrogen-bond acceptors (Lipinski definition) is 2. The van der Waals surface area contributed by atoms with Crippen LogP contribution in [0.3, 0.4) is 0 Å². The topological polar surface area (TPSA) is 35.2 Å². The maximum Gasteiger partial charge on any atom is 0.0824 e. The molecule has 0 bridgehead atoms. The highest BCUT2D eigenvalue weighted by molar-refractivity contribution is 4.86. The minimum atomic E-state index is -0.0885. The summed E-state index contributed by atoms with van der Waals surface area (Å²) in [4.78, 5) is 0. The van der Waals surface area contributed by atoms with Crippen LogP contribution in [0.2, 0.25) is 0 Å². The molecule has 1 atom stereocenters. The number of hydrogen-bond donors (Lipinski definition) is 1. The highest BCUT2D eigenvalue weighted by Gasteiger charge is 2.30. The first kappa shape index (κ1) is 10.9. The van der Waals surface area contributed by atoms with E-state index in [1.807, 2.05) is 13.8 Å². The van der Waals surface area contributed by atoms with E-state index in [-0.39, 0.29) is 11.6 Å². The minimum absolute atomic E-state index is 0.0885. The van der Waals surface area contributed by atoms with Gasteiger partial charge < -0.3 is 10.5 Å². The Hall–Kier alpha value is -0.0800. The SMILES string of the molecule is CCOC(CC)(CC)[C@H](C)N. The Balaban J connectivity index is 4.20. The Bertz CT molecular complexity index is 97.7. The molecule has 2 N–H and O–H groups in total. The maximum atomic E-state index is 5.85. The molecule has 0 saturated heterocycles. The number of nitrogens with two attached hydrogens (primary N) is 1. The summed E-state index contributed by atoms with van der Waals surface area (Å²) in [6.45, 7) is 9.04. The summed E-state index contributed by atoms with van der Waals surface area (Å²) in [5.41, 5.74) is 5.77. The second-order valence-electron chi connectivity index (χ2n) is 2.99. The van der Waals surface area contributed by atoms with E-state index in [9.17, 15) is 0 Å². The molecule has 0 aromatic rings. The summed E-state index contributed by atoms with van der Waals surface area (Å²) in [6, 6.07) is 0.123. The van der Waals surface area contributed by atoms with Crippen LogP contribution in [-0.2, 0) is 4.74 Å². The Kier molecular flexibility index (Phi) is 4.69. The van der Waals surface area contributed by atoms with Crippen molar-refractivity contribution < 1.29 is 4.74 Å². The third kappa shape index (κ3) is 2.46. The van der Waals surface area contributed by atoms with Crippen molar-refractivity contribution in [3.8, 4) is 0 Å². The third-order valence-electron chi connectivity index (χ3n) is 2.46. The Labute approximate surface area is 70.1 Å². The molecule has 11 heavy (non-hydrogen) atoms. The van der Waals surface area contributed by atoms with Crippen LogP contribution in [0.25, 0.3) is 0 Å². The summed E-state index contributed by atoms with van der Waals surface area (Å²) in [7, 11) is 0. The van der Waals surface area contributed by atoms with Gasteiger partial charge in [0.2, 0.25) is 0 Å². The quantitative estimate of drug-likeness (QED) is 0.665. The fourth-order valence-corrected chi connectivity index (χ4v) is 1.52. The molecule has 0 aromatic heterocycles. The van der Waals surface area contributed by atoms with Crippen molar-refractivity contribution in [2.24, 2.45) is 5.73 Å². The second-order valence-corrected chi connectivity index (χ2v) is 2.99. The van der Waals surface area contributed by atoms with Gasteiger partial charge in [-0.25, -0.2) is 0 Å².